The summed E-state index contributed by atoms with van der Waals surface area (Å²) in [4.78, 5) is 25.9. The van der Waals surface area contributed by atoms with Gasteiger partial charge in [0.15, 0.2) is 0 Å². The highest BCUT2D eigenvalue weighted by Gasteiger charge is 2.30. The van der Waals surface area contributed by atoms with Crippen LogP contribution in [0.3, 0.4) is 0 Å². The lowest BCUT2D eigenvalue weighted by molar-refractivity contribution is -0.137. The van der Waals surface area contributed by atoms with Crippen molar-refractivity contribution in [1.82, 2.24) is 19.9 Å². The van der Waals surface area contributed by atoms with E-state index in [-0.39, 0.29) is 18.3 Å². The molecule has 3 atom stereocenters. The standard InChI is InChI=1S/C28H31FN4O3/c1-36-23-6-8-27-25(17-23)24(11-14-31-27)26(29)7-4-20-12-16-33(18-21(20)5-9-28(34)35)15-2-3-22-10-13-30-19-32-22/h6,8,10-11,13-14,17,19-21,26H,4-5,7,9,12,15-16,18H2,1H3,(H,34,35)/t20-,21+,26?/m1/s1. The molecule has 0 spiro atoms. The number of nitrogens with zero attached hydrogens (tertiary/aromatic N) is 4. The largest absolute Gasteiger partial charge is 0.497 e. The molecule has 1 fully saturated rings. The Kier molecular flexibility index (Phi) is 8.80. The van der Waals surface area contributed by atoms with Gasteiger partial charge in [0.1, 0.15) is 23.9 Å². The molecule has 36 heavy (non-hydrogen) atoms. The molecule has 0 saturated carbocycles. The van der Waals surface area contributed by atoms with Crippen molar-refractivity contribution in [3.63, 3.8) is 0 Å². The number of benzene rings is 1. The van der Waals surface area contributed by atoms with Crippen molar-refractivity contribution in [2.45, 2.75) is 38.3 Å². The molecule has 0 bridgehead atoms. The van der Waals surface area contributed by atoms with Gasteiger partial charge in [0, 0.05) is 30.7 Å². The minimum Gasteiger partial charge on any atom is -0.497 e. The minimum atomic E-state index is -1.13. The first-order valence-electron chi connectivity index (χ1n) is 12.3. The van der Waals surface area contributed by atoms with Crippen LogP contribution in [0, 0.1) is 23.7 Å². The highest BCUT2D eigenvalue weighted by Crippen LogP contribution is 2.36. The summed E-state index contributed by atoms with van der Waals surface area (Å²) in [6.45, 7) is 2.22. The van der Waals surface area contributed by atoms with Crippen molar-refractivity contribution < 1.29 is 19.0 Å². The minimum absolute atomic E-state index is 0.120. The summed E-state index contributed by atoms with van der Waals surface area (Å²) in [6.07, 6.45) is 6.36. The maximum absolute atomic E-state index is 15.5. The number of aromatic nitrogens is 3. The molecule has 1 N–H and O–H groups in total. The number of carboxylic acids is 1. The fourth-order valence-electron chi connectivity index (χ4n) is 4.98. The molecule has 4 rings (SSSR count). The smallest absolute Gasteiger partial charge is 0.303 e. The number of piperidine rings is 1. The molecule has 2 aromatic heterocycles. The maximum atomic E-state index is 15.5. The van der Waals surface area contributed by atoms with Crippen LogP contribution in [0.1, 0.15) is 49.5 Å². The van der Waals surface area contributed by atoms with E-state index in [1.165, 1.54) is 6.33 Å². The number of carboxylic acid groups (broad SMARTS) is 1. The normalized spacial score (nSPS) is 18.8. The van der Waals surface area contributed by atoms with Crippen molar-refractivity contribution in [1.29, 1.82) is 0 Å². The second-order valence-electron chi connectivity index (χ2n) is 9.20. The number of likely N-dealkylation sites (tertiary alicyclic amines) is 1. The van der Waals surface area contributed by atoms with Crippen LogP contribution in [0.2, 0.25) is 0 Å². The second-order valence-corrected chi connectivity index (χ2v) is 9.20. The zero-order valence-electron chi connectivity index (χ0n) is 20.4. The summed E-state index contributed by atoms with van der Waals surface area (Å²) < 4.78 is 20.8. The summed E-state index contributed by atoms with van der Waals surface area (Å²) >= 11 is 0. The SMILES string of the molecule is COc1ccc2nccc(C(F)CC[C@@H]3CCN(CC#Cc4ccncn4)C[C@@H]3CCC(=O)O)c2c1. The Morgan fingerprint density at radius 3 is 2.89 bits per heavy atom. The number of alkyl halides is 1. The first-order chi connectivity index (χ1) is 17.5. The molecule has 3 aromatic rings. The Morgan fingerprint density at radius 2 is 2.11 bits per heavy atom. The number of halogens is 1. The highest BCUT2D eigenvalue weighted by atomic mass is 19.1. The fourth-order valence-corrected chi connectivity index (χ4v) is 4.98. The van der Waals surface area contributed by atoms with Gasteiger partial charge in [-0.2, -0.15) is 0 Å². The van der Waals surface area contributed by atoms with Gasteiger partial charge in [-0.1, -0.05) is 5.92 Å². The van der Waals surface area contributed by atoms with Crippen LogP contribution < -0.4 is 4.74 Å². The predicted molar refractivity (Wildman–Crippen MR) is 135 cm³/mol. The lowest BCUT2D eigenvalue weighted by Gasteiger charge is -2.38. The maximum Gasteiger partial charge on any atom is 0.303 e. The summed E-state index contributed by atoms with van der Waals surface area (Å²) in [5, 5.41) is 10.0. The average molecular weight is 491 g/mol. The number of methoxy groups -OCH3 is 1. The first-order valence-corrected chi connectivity index (χ1v) is 12.3. The van der Waals surface area contributed by atoms with Gasteiger partial charge in [0.05, 0.1) is 19.2 Å². The van der Waals surface area contributed by atoms with Crippen LogP contribution in [0.15, 0.2) is 49.1 Å². The Bertz CT molecular complexity index is 1230. The van der Waals surface area contributed by atoms with Crippen molar-refractivity contribution in [3.8, 4) is 17.6 Å². The van der Waals surface area contributed by atoms with Crippen molar-refractivity contribution >= 4 is 16.9 Å². The van der Waals surface area contributed by atoms with Crippen LogP contribution in [-0.4, -0.2) is 57.7 Å². The van der Waals surface area contributed by atoms with Crippen molar-refractivity contribution in [3.05, 3.63) is 60.3 Å². The van der Waals surface area contributed by atoms with E-state index in [4.69, 9.17) is 4.74 Å². The molecule has 1 aliphatic rings. The molecule has 3 heterocycles. The van der Waals surface area contributed by atoms with Crippen molar-refractivity contribution in [2.24, 2.45) is 11.8 Å². The van der Waals surface area contributed by atoms with E-state index in [1.807, 2.05) is 18.2 Å². The molecule has 188 valence electrons. The summed E-state index contributed by atoms with van der Waals surface area (Å²) in [6, 6.07) is 9.01. The van der Waals surface area contributed by atoms with Gasteiger partial charge >= 0.3 is 5.97 Å². The number of pyridine rings is 1. The van der Waals surface area contributed by atoms with Gasteiger partial charge in [0.25, 0.3) is 0 Å². The van der Waals surface area contributed by atoms with E-state index in [2.05, 4.69) is 31.7 Å². The average Bonchev–Trinajstić information content (AvgIpc) is 2.91. The number of rotatable bonds is 9. The molecular weight excluding hydrogens is 459 g/mol. The van der Waals surface area contributed by atoms with Crippen LogP contribution in [-0.2, 0) is 4.79 Å². The topological polar surface area (TPSA) is 88.4 Å². The van der Waals surface area contributed by atoms with Crippen LogP contribution >= 0.6 is 0 Å². The lowest BCUT2D eigenvalue weighted by atomic mass is 9.79. The quantitative estimate of drug-likeness (QED) is 0.436. The molecule has 1 aromatic carbocycles. The van der Waals surface area contributed by atoms with E-state index in [1.54, 1.807) is 31.6 Å². The van der Waals surface area contributed by atoms with Gasteiger partial charge in [0.2, 0.25) is 0 Å². The van der Waals surface area contributed by atoms with E-state index in [9.17, 15) is 9.90 Å². The third kappa shape index (κ3) is 6.76. The molecule has 1 aliphatic heterocycles. The third-order valence-electron chi connectivity index (χ3n) is 6.92. The van der Waals surface area contributed by atoms with Gasteiger partial charge in [-0.3, -0.25) is 14.7 Å². The van der Waals surface area contributed by atoms with E-state index in [0.717, 1.165) is 30.4 Å². The Balaban J connectivity index is 1.39. The van der Waals surface area contributed by atoms with Crippen LogP contribution in [0.4, 0.5) is 4.39 Å². The molecule has 7 nitrogen and oxygen atoms in total. The Morgan fingerprint density at radius 1 is 1.22 bits per heavy atom. The number of aliphatic carboxylic acids is 1. The molecule has 8 heteroatoms. The van der Waals surface area contributed by atoms with E-state index in [0.29, 0.717) is 42.8 Å². The summed E-state index contributed by atoms with van der Waals surface area (Å²) in [7, 11) is 1.59. The number of hydrogen-bond acceptors (Lipinski definition) is 6. The van der Waals surface area contributed by atoms with Gasteiger partial charge in [-0.05, 0) is 85.9 Å². The molecule has 0 radical (unpaired) electrons. The van der Waals surface area contributed by atoms with Crippen LogP contribution in [0.25, 0.3) is 10.9 Å². The number of hydrogen-bond donors (Lipinski definition) is 1. The fraction of sp³-hybridized carbons (Fsp3) is 0.429. The zero-order chi connectivity index (χ0) is 25.3. The summed E-state index contributed by atoms with van der Waals surface area (Å²) in [5.74, 6) is 6.56. The molecule has 1 unspecified atom stereocenters. The van der Waals surface area contributed by atoms with E-state index >= 15 is 4.39 Å². The molecular formula is C28H31FN4O3. The van der Waals surface area contributed by atoms with Crippen molar-refractivity contribution in [2.75, 3.05) is 26.7 Å². The van der Waals surface area contributed by atoms with Gasteiger partial charge in [-0.15, -0.1) is 0 Å². The number of ether oxygens (including phenoxy) is 1. The highest BCUT2D eigenvalue weighted by molar-refractivity contribution is 5.83. The lowest BCUT2D eigenvalue weighted by Crippen LogP contribution is -2.41. The molecule has 0 aliphatic carbocycles. The van der Waals surface area contributed by atoms with Crippen LogP contribution in [0.5, 0.6) is 5.75 Å². The second kappa shape index (κ2) is 12.4. The molecule has 1 saturated heterocycles. The Hall–Kier alpha value is -3.57. The summed E-state index contributed by atoms with van der Waals surface area (Å²) in [5.41, 5.74) is 2.04. The predicted octanol–water partition coefficient (Wildman–Crippen LogP) is 4.68. The van der Waals surface area contributed by atoms with Gasteiger partial charge < -0.3 is 9.84 Å². The van der Waals surface area contributed by atoms with Gasteiger partial charge in [-0.25, -0.2) is 14.4 Å². The Labute approximate surface area is 210 Å². The number of fused-ring (bicyclic) bond motifs is 1. The zero-order valence-corrected chi connectivity index (χ0v) is 20.4. The van der Waals surface area contributed by atoms with E-state index < -0.39 is 12.1 Å². The third-order valence-corrected chi connectivity index (χ3v) is 6.92. The molecule has 0 amide bonds. The number of carbonyl (C=O) groups is 1. The first kappa shape index (κ1) is 25.5. The monoisotopic (exact) mass is 490 g/mol.